The first-order valence-electron chi connectivity index (χ1n) is 10.1. The first kappa shape index (κ1) is 21.0. The predicted molar refractivity (Wildman–Crippen MR) is 116 cm³/mol. The van der Waals surface area contributed by atoms with Crippen molar-refractivity contribution in [2.75, 3.05) is 18.5 Å². The van der Waals surface area contributed by atoms with E-state index in [1.807, 2.05) is 0 Å². The van der Waals surface area contributed by atoms with Crippen LogP contribution in [0.4, 0.5) is 5.13 Å². The Morgan fingerprint density at radius 1 is 1.23 bits per heavy atom. The summed E-state index contributed by atoms with van der Waals surface area (Å²) in [5.74, 6) is 2.34. The van der Waals surface area contributed by atoms with Crippen molar-refractivity contribution >= 4 is 32.2 Å². The third kappa shape index (κ3) is 4.75. The second-order valence-corrected chi connectivity index (χ2v) is 11.1. The fraction of sp³-hybridized carbons (Fsp3) is 0.455. The van der Waals surface area contributed by atoms with E-state index in [0.717, 1.165) is 31.2 Å². The van der Waals surface area contributed by atoms with Gasteiger partial charge in [-0.3, -0.25) is 4.79 Å². The number of hydrogen-bond acceptors (Lipinski definition) is 6. The third-order valence-electron chi connectivity index (χ3n) is 5.68. The fourth-order valence-electron chi connectivity index (χ4n) is 3.76. The molecule has 158 valence electrons. The van der Waals surface area contributed by atoms with Gasteiger partial charge in [-0.1, -0.05) is 29.4 Å². The third-order valence-corrected chi connectivity index (χ3v) is 8.80. The second-order valence-electron chi connectivity index (χ2n) is 7.82. The summed E-state index contributed by atoms with van der Waals surface area (Å²) in [6.45, 7) is 1.41. The number of aromatic nitrogens is 1. The zero-order valence-electron chi connectivity index (χ0n) is 16.5. The minimum absolute atomic E-state index is 0.155. The van der Waals surface area contributed by atoms with Crippen LogP contribution in [0.15, 0.2) is 35.4 Å². The molecule has 30 heavy (non-hydrogen) atoms. The van der Waals surface area contributed by atoms with Crippen LogP contribution in [0.3, 0.4) is 0 Å². The Morgan fingerprint density at radius 2 is 1.93 bits per heavy atom. The Labute approximate surface area is 181 Å². The number of nitrogens with one attached hydrogen (secondary N) is 1. The van der Waals surface area contributed by atoms with Gasteiger partial charge in [-0.05, 0) is 55.7 Å². The van der Waals surface area contributed by atoms with Gasteiger partial charge in [0.15, 0.2) is 15.0 Å². The maximum absolute atomic E-state index is 13.1. The van der Waals surface area contributed by atoms with E-state index in [2.05, 4.69) is 16.2 Å². The first-order chi connectivity index (χ1) is 14.5. The number of carbonyl (C=O) groups is 1. The van der Waals surface area contributed by atoms with Crippen molar-refractivity contribution in [3.8, 4) is 12.3 Å². The molecular formula is C22H24N2O4S2. The quantitative estimate of drug-likeness (QED) is 0.660. The number of anilines is 1. The van der Waals surface area contributed by atoms with Crippen molar-refractivity contribution in [2.24, 2.45) is 5.92 Å². The molecule has 1 N–H and O–H groups in total. The van der Waals surface area contributed by atoms with E-state index in [9.17, 15) is 13.2 Å². The van der Waals surface area contributed by atoms with Crippen LogP contribution in [-0.4, -0.2) is 37.8 Å². The van der Waals surface area contributed by atoms with Crippen molar-refractivity contribution in [1.29, 1.82) is 0 Å². The molecule has 2 fully saturated rings. The number of thiazole rings is 1. The van der Waals surface area contributed by atoms with Gasteiger partial charge in [0.1, 0.15) is 0 Å². The van der Waals surface area contributed by atoms with Gasteiger partial charge in [-0.2, -0.15) is 0 Å². The Balaban J connectivity index is 1.55. The van der Waals surface area contributed by atoms with Gasteiger partial charge in [0, 0.05) is 13.2 Å². The first-order valence-corrected chi connectivity index (χ1v) is 12.5. The molecule has 0 bridgehead atoms. The lowest BCUT2D eigenvalue weighted by molar-refractivity contribution is -0.118. The van der Waals surface area contributed by atoms with Crippen LogP contribution >= 0.6 is 11.3 Å². The minimum atomic E-state index is -3.25. The molecule has 1 saturated heterocycles. The van der Waals surface area contributed by atoms with E-state index in [1.165, 1.54) is 11.3 Å². The van der Waals surface area contributed by atoms with Crippen LogP contribution in [0.1, 0.15) is 48.5 Å². The van der Waals surface area contributed by atoms with E-state index in [0.29, 0.717) is 40.5 Å². The zero-order chi connectivity index (χ0) is 21.1. The molecule has 2 aliphatic rings. The number of terminal acetylenes is 1. The zero-order valence-corrected chi connectivity index (χ0v) is 18.2. The monoisotopic (exact) mass is 444 g/mol. The van der Waals surface area contributed by atoms with Crippen molar-refractivity contribution in [1.82, 2.24) is 4.98 Å². The van der Waals surface area contributed by atoms with Gasteiger partial charge >= 0.3 is 0 Å². The Kier molecular flexibility index (Phi) is 6.23. The molecule has 1 atom stereocenters. The molecule has 1 amide bonds. The molecular weight excluding hydrogens is 420 g/mol. The smallest absolute Gasteiger partial charge is 0.233 e. The highest BCUT2D eigenvalue weighted by Crippen LogP contribution is 2.35. The molecule has 1 aliphatic heterocycles. The SMILES string of the molecule is C#Cc1cnc(NC(=O)C(CC2CCOCC2)c2ccc(S(=O)(=O)C3CC3)cc2)s1. The number of amides is 1. The Hall–Kier alpha value is -2.21. The molecule has 0 radical (unpaired) electrons. The molecule has 1 aromatic carbocycles. The molecule has 1 aliphatic carbocycles. The fourth-order valence-corrected chi connectivity index (χ4v) is 6.05. The Morgan fingerprint density at radius 3 is 2.53 bits per heavy atom. The molecule has 8 heteroatoms. The van der Waals surface area contributed by atoms with Crippen LogP contribution < -0.4 is 5.32 Å². The highest BCUT2D eigenvalue weighted by Gasteiger charge is 2.37. The van der Waals surface area contributed by atoms with Crippen LogP contribution in [0.25, 0.3) is 0 Å². The number of hydrogen-bond donors (Lipinski definition) is 1. The summed E-state index contributed by atoms with van der Waals surface area (Å²) < 4.78 is 30.4. The van der Waals surface area contributed by atoms with Crippen molar-refractivity contribution in [3.05, 3.63) is 40.9 Å². The van der Waals surface area contributed by atoms with Crippen molar-refractivity contribution in [3.63, 3.8) is 0 Å². The highest BCUT2D eigenvalue weighted by atomic mass is 32.2. The topological polar surface area (TPSA) is 85.4 Å². The lowest BCUT2D eigenvalue weighted by Crippen LogP contribution is -2.26. The summed E-state index contributed by atoms with van der Waals surface area (Å²) >= 11 is 1.26. The minimum Gasteiger partial charge on any atom is -0.381 e. The van der Waals surface area contributed by atoms with Gasteiger partial charge in [0.2, 0.25) is 5.91 Å². The molecule has 2 aromatic rings. The van der Waals surface area contributed by atoms with Gasteiger partial charge in [0.25, 0.3) is 0 Å². The second kappa shape index (κ2) is 8.88. The summed E-state index contributed by atoms with van der Waals surface area (Å²) in [5.41, 5.74) is 0.808. The average Bonchev–Trinajstić information content (AvgIpc) is 3.54. The van der Waals surface area contributed by atoms with Crippen LogP contribution in [0.2, 0.25) is 0 Å². The lowest BCUT2D eigenvalue weighted by Gasteiger charge is -2.26. The van der Waals surface area contributed by atoms with Crippen molar-refractivity contribution in [2.45, 2.75) is 48.2 Å². The van der Waals surface area contributed by atoms with Gasteiger partial charge < -0.3 is 10.1 Å². The van der Waals surface area contributed by atoms with Gasteiger partial charge in [-0.25, -0.2) is 13.4 Å². The summed E-state index contributed by atoms with van der Waals surface area (Å²) in [4.78, 5) is 18.3. The summed E-state index contributed by atoms with van der Waals surface area (Å²) in [5, 5.41) is 3.10. The maximum atomic E-state index is 13.1. The molecule has 6 nitrogen and oxygen atoms in total. The summed E-state index contributed by atoms with van der Waals surface area (Å²) in [6, 6.07) is 6.81. The number of rotatable bonds is 7. The maximum Gasteiger partial charge on any atom is 0.233 e. The molecule has 1 aromatic heterocycles. The van der Waals surface area contributed by atoms with Crippen LogP contribution in [-0.2, 0) is 19.4 Å². The number of carbonyl (C=O) groups excluding carboxylic acids is 1. The van der Waals surface area contributed by atoms with Crippen molar-refractivity contribution < 1.29 is 17.9 Å². The van der Waals surface area contributed by atoms with Crippen LogP contribution in [0, 0.1) is 18.3 Å². The van der Waals surface area contributed by atoms with E-state index in [-0.39, 0.29) is 11.2 Å². The number of sulfone groups is 1. The molecule has 1 saturated carbocycles. The number of benzene rings is 1. The van der Waals surface area contributed by atoms with Gasteiger partial charge in [0.05, 0.1) is 27.1 Å². The molecule has 1 unspecified atom stereocenters. The molecule has 2 heterocycles. The molecule has 0 spiro atoms. The largest absolute Gasteiger partial charge is 0.381 e. The lowest BCUT2D eigenvalue weighted by atomic mass is 9.84. The van der Waals surface area contributed by atoms with Crippen LogP contribution in [0.5, 0.6) is 0 Å². The predicted octanol–water partition coefficient (Wildman–Crippen LogP) is 3.60. The van der Waals surface area contributed by atoms with E-state index >= 15 is 0 Å². The number of nitrogens with zero attached hydrogens (tertiary/aromatic N) is 1. The molecule has 4 rings (SSSR count). The average molecular weight is 445 g/mol. The summed E-state index contributed by atoms with van der Waals surface area (Å²) in [7, 11) is -3.25. The standard InChI is InChI=1S/C22H24N2O4S2/c1-2-17-14-23-22(29-17)24-21(25)20(13-15-9-11-28-12-10-15)16-3-5-18(6-4-16)30(26,27)19-7-8-19/h1,3-6,14-15,19-20H,7-13H2,(H,23,24,25). The van der Waals surface area contributed by atoms with E-state index in [4.69, 9.17) is 11.2 Å². The highest BCUT2D eigenvalue weighted by molar-refractivity contribution is 7.92. The van der Waals surface area contributed by atoms with Gasteiger partial charge in [-0.15, -0.1) is 6.42 Å². The van der Waals surface area contributed by atoms with E-state index < -0.39 is 15.8 Å². The number of ether oxygens (including phenoxy) is 1. The van der Waals surface area contributed by atoms with E-state index in [1.54, 1.807) is 30.5 Å². The normalized spacial score (nSPS) is 18.5. The summed E-state index contributed by atoms with van der Waals surface area (Å²) in [6.07, 6.45) is 10.9. The Bertz CT molecular complexity index is 1040.